The van der Waals surface area contributed by atoms with Crippen molar-refractivity contribution in [2.24, 2.45) is 0 Å². The molecule has 0 amide bonds. The summed E-state index contributed by atoms with van der Waals surface area (Å²) in [5, 5.41) is 11.1. The van der Waals surface area contributed by atoms with Crippen molar-refractivity contribution in [2.45, 2.75) is 31.4 Å². The van der Waals surface area contributed by atoms with Gasteiger partial charge in [0.25, 0.3) is 0 Å². The van der Waals surface area contributed by atoms with Crippen LogP contribution in [0.4, 0.5) is 0 Å². The number of aromatic nitrogens is 2. The van der Waals surface area contributed by atoms with Crippen molar-refractivity contribution in [1.29, 1.82) is 0 Å². The Morgan fingerprint density at radius 3 is 2.63 bits per heavy atom. The first kappa shape index (κ1) is 21.1. The third-order valence-corrected chi connectivity index (χ3v) is 6.03. The molecule has 2 aromatic carbocycles. The lowest BCUT2D eigenvalue weighted by Crippen LogP contribution is -2.41. The van der Waals surface area contributed by atoms with Gasteiger partial charge in [0.15, 0.2) is 0 Å². The van der Waals surface area contributed by atoms with Crippen molar-refractivity contribution in [3.8, 4) is 0 Å². The summed E-state index contributed by atoms with van der Waals surface area (Å²) >= 11 is 5.89. The van der Waals surface area contributed by atoms with E-state index in [1.807, 2.05) is 53.1 Å². The van der Waals surface area contributed by atoms with Gasteiger partial charge >= 0.3 is 5.69 Å². The van der Waals surface area contributed by atoms with Crippen molar-refractivity contribution in [2.75, 3.05) is 32.8 Å². The minimum Gasteiger partial charge on any atom is -0.389 e. The second kappa shape index (κ2) is 9.79. The summed E-state index contributed by atoms with van der Waals surface area (Å²) in [5.74, 6) is 0. The number of rotatable bonds is 8. The Balaban J connectivity index is 1.20. The van der Waals surface area contributed by atoms with Gasteiger partial charge in [-0.25, -0.2) is 4.79 Å². The molecule has 2 heterocycles. The van der Waals surface area contributed by atoms with E-state index in [0.717, 1.165) is 48.4 Å². The number of aromatic amines is 1. The predicted molar refractivity (Wildman–Crippen MR) is 119 cm³/mol. The second-order valence-corrected chi connectivity index (χ2v) is 8.39. The molecule has 0 radical (unpaired) electrons. The zero-order valence-electron chi connectivity index (χ0n) is 17.0. The molecular weight excluding hydrogens is 402 g/mol. The Hall–Kier alpha value is -2.12. The maximum atomic E-state index is 12.4. The molecule has 0 spiro atoms. The molecule has 0 bridgehead atoms. The molecule has 2 N–H and O–H groups in total. The summed E-state index contributed by atoms with van der Waals surface area (Å²) in [4.78, 5) is 17.6. The van der Waals surface area contributed by atoms with E-state index in [0.29, 0.717) is 19.8 Å². The number of ether oxygens (including phenoxy) is 1. The van der Waals surface area contributed by atoms with Crippen LogP contribution < -0.4 is 5.69 Å². The van der Waals surface area contributed by atoms with Crippen LogP contribution in [0.25, 0.3) is 11.0 Å². The molecule has 160 valence electrons. The Kier molecular flexibility index (Phi) is 6.89. The molecule has 1 atom stereocenters. The first-order valence-corrected chi connectivity index (χ1v) is 10.9. The quantitative estimate of drug-likeness (QED) is 0.539. The van der Waals surface area contributed by atoms with Gasteiger partial charge < -0.3 is 19.7 Å². The van der Waals surface area contributed by atoms with Crippen LogP contribution in [-0.4, -0.2) is 58.5 Å². The number of β-amino-alcohol motifs (C(OH)–C–C–N with tert-alkyl or cyclic N) is 1. The van der Waals surface area contributed by atoms with Crippen LogP contribution in [0.3, 0.4) is 0 Å². The molecule has 30 heavy (non-hydrogen) atoms. The molecule has 3 aromatic rings. The van der Waals surface area contributed by atoms with E-state index in [9.17, 15) is 9.90 Å². The highest BCUT2D eigenvalue weighted by Crippen LogP contribution is 2.24. The first-order chi connectivity index (χ1) is 14.6. The lowest BCUT2D eigenvalue weighted by Gasteiger charge is -2.33. The van der Waals surface area contributed by atoms with Crippen molar-refractivity contribution >= 4 is 22.6 Å². The number of piperidine rings is 1. The fourth-order valence-corrected chi connectivity index (χ4v) is 4.33. The number of nitrogens with one attached hydrogen (secondary N) is 1. The third kappa shape index (κ3) is 5.13. The smallest absolute Gasteiger partial charge is 0.326 e. The average Bonchev–Trinajstić information content (AvgIpc) is 3.09. The molecule has 1 aliphatic heterocycles. The van der Waals surface area contributed by atoms with Crippen LogP contribution in [0.1, 0.15) is 24.4 Å². The molecule has 0 aliphatic carbocycles. The van der Waals surface area contributed by atoms with Crippen molar-refractivity contribution in [3.63, 3.8) is 0 Å². The number of likely N-dealkylation sites (tertiary alicyclic amines) is 1. The van der Waals surface area contributed by atoms with E-state index >= 15 is 0 Å². The van der Waals surface area contributed by atoms with Crippen molar-refractivity contribution in [1.82, 2.24) is 14.5 Å². The van der Waals surface area contributed by atoms with Gasteiger partial charge in [0, 0.05) is 30.7 Å². The molecule has 7 heteroatoms. The van der Waals surface area contributed by atoms with Crippen molar-refractivity contribution < 1.29 is 9.84 Å². The Morgan fingerprint density at radius 2 is 1.87 bits per heavy atom. The molecular formula is C23H28ClN3O3. The van der Waals surface area contributed by atoms with E-state index in [-0.39, 0.29) is 11.7 Å². The number of halogens is 1. The fraction of sp³-hybridized carbons (Fsp3) is 0.435. The van der Waals surface area contributed by atoms with Crippen LogP contribution in [-0.2, 0) is 11.2 Å². The number of hydrogen-bond donors (Lipinski definition) is 2. The van der Waals surface area contributed by atoms with E-state index in [2.05, 4.69) is 9.88 Å². The van der Waals surface area contributed by atoms with Gasteiger partial charge in [0.05, 0.1) is 30.4 Å². The van der Waals surface area contributed by atoms with Crippen LogP contribution in [0, 0.1) is 0 Å². The van der Waals surface area contributed by atoms with E-state index < -0.39 is 6.10 Å². The molecule has 6 nitrogen and oxygen atoms in total. The number of aliphatic hydroxyl groups excluding tert-OH is 1. The van der Waals surface area contributed by atoms with Crippen LogP contribution >= 0.6 is 11.6 Å². The van der Waals surface area contributed by atoms with Gasteiger partial charge in [-0.05, 0) is 49.1 Å². The van der Waals surface area contributed by atoms with Crippen LogP contribution in [0.15, 0.2) is 53.3 Å². The highest BCUT2D eigenvalue weighted by molar-refractivity contribution is 6.30. The number of fused-ring (bicyclic) bond motifs is 1. The molecule has 4 rings (SSSR count). The number of aliphatic hydroxyl groups is 1. The number of hydrogen-bond acceptors (Lipinski definition) is 4. The summed E-state index contributed by atoms with van der Waals surface area (Å²) in [5.41, 5.74) is 2.98. The van der Waals surface area contributed by atoms with Gasteiger partial charge in [0.1, 0.15) is 0 Å². The summed E-state index contributed by atoms with van der Waals surface area (Å²) in [7, 11) is 0. The largest absolute Gasteiger partial charge is 0.389 e. The highest BCUT2D eigenvalue weighted by atomic mass is 35.5. The number of para-hydroxylation sites is 2. The van der Waals surface area contributed by atoms with Gasteiger partial charge in [-0.3, -0.25) is 4.57 Å². The minimum atomic E-state index is -0.512. The van der Waals surface area contributed by atoms with Gasteiger partial charge in [-0.1, -0.05) is 35.9 Å². The molecule has 0 saturated carbocycles. The Labute approximate surface area is 181 Å². The SMILES string of the molecule is O=c1[nH]c2ccccc2n1C1CCN(CC(O)COCCc2ccc(Cl)cc2)CC1. The van der Waals surface area contributed by atoms with Gasteiger partial charge in [0.2, 0.25) is 0 Å². The van der Waals surface area contributed by atoms with E-state index in [1.54, 1.807) is 0 Å². The lowest BCUT2D eigenvalue weighted by molar-refractivity contribution is 0.0120. The van der Waals surface area contributed by atoms with Gasteiger partial charge in [-0.2, -0.15) is 0 Å². The van der Waals surface area contributed by atoms with Crippen LogP contribution in [0.5, 0.6) is 0 Å². The summed E-state index contributed by atoms with van der Waals surface area (Å²) in [6.07, 6.45) is 2.08. The third-order valence-electron chi connectivity index (χ3n) is 5.77. The zero-order valence-corrected chi connectivity index (χ0v) is 17.7. The summed E-state index contributed by atoms with van der Waals surface area (Å²) in [6, 6.07) is 15.7. The number of imidazole rings is 1. The number of nitrogens with zero attached hydrogens (tertiary/aromatic N) is 2. The minimum absolute atomic E-state index is 0.0382. The summed E-state index contributed by atoms with van der Waals surface area (Å²) in [6.45, 7) is 3.22. The van der Waals surface area contributed by atoms with Crippen LogP contribution in [0.2, 0.25) is 5.02 Å². The standard InChI is InChI=1S/C23H28ClN3O3/c24-18-7-5-17(6-8-18)11-14-30-16-20(28)15-26-12-9-19(10-13-26)27-22-4-2-1-3-21(22)25-23(27)29/h1-8,19-20,28H,9-16H2,(H,25,29). The molecule has 1 fully saturated rings. The molecule has 1 aliphatic rings. The number of benzene rings is 2. The van der Waals surface area contributed by atoms with E-state index in [1.165, 1.54) is 5.56 Å². The summed E-state index contributed by atoms with van der Waals surface area (Å²) < 4.78 is 7.55. The number of H-pyrrole nitrogens is 1. The topological polar surface area (TPSA) is 70.5 Å². The maximum absolute atomic E-state index is 12.4. The molecule has 1 saturated heterocycles. The zero-order chi connectivity index (χ0) is 20.9. The fourth-order valence-electron chi connectivity index (χ4n) is 4.21. The Morgan fingerprint density at radius 1 is 1.13 bits per heavy atom. The predicted octanol–water partition coefficient (Wildman–Crippen LogP) is 3.24. The first-order valence-electron chi connectivity index (χ1n) is 10.5. The maximum Gasteiger partial charge on any atom is 0.326 e. The van der Waals surface area contributed by atoms with Gasteiger partial charge in [-0.15, -0.1) is 0 Å². The van der Waals surface area contributed by atoms with E-state index in [4.69, 9.17) is 16.3 Å². The average molecular weight is 430 g/mol. The molecule has 1 unspecified atom stereocenters. The Bertz CT molecular complexity index is 1010. The monoisotopic (exact) mass is 429 g/mol. The second-order valence-electron chi connectivity index (χ2n) is 7.95. The highest BCUT2D eigenvalue weighted by Gasteiger charge is 2.24. The lowest BCUT2D eigenvalue weighted by atomic mass is 10.0. The van der Waals surface area contributed by atoms with Crippen molar-refractivity contribution in [3.05, 3.63) is 69.6 Å². The molecule has 1 aromatic heterocycles. The normalized spacial score (nSPS) is 16.9.